The van der Waals surface area contributed by atoms with Crippen molar-refractivity contribution < 1.29 is 4.74 Å². The van der Waals surface area contributed by atoms with Gasteiger partial charge in [-0.15, -0.1) is 10.2 Å². The third-order valence-electron chi connectivity index (χ3n) is 3.35. The standard InChI is InChI=1S/C16H17N3OS/c1-20-10-9-19-12-17-18-16(19)21-11-14-7-4-6-13-5-2-3-8-15(13)14/h2-8,12H,9-11H2,1H3. The second-order valence-corrected chi connectivity index (χ2v) is 5.67. The van der Waals surface area contributed by atoms with E-state index in [1.54, 1.807) is 25.2 Å². The third kappa shape index (κ3) is 3.25. The highest BCUT2D eigenvalue weighted by molar-refractivity contribution is 7.98. The molecule has 0 saturated carbocycles. The van der Waals surface area contributed by atoms with Crippen LogP contribution in [0, 0.1) is 0 Å². The SMILES string of the molecule is COCCn1cnnc1SCc1cccc2ccccc12. The summed E-state index contributed by atoms with van der Waals surface area (Å²) in [7, 11) is 1.70. The zero-order valence-electron chi connectivity index (χ0n) is 11.9. The average molecular weight is 299 g/mol. The van der Waals surface area contributed by atoms with Crippen molar-refractivity contribution in [3.63, 3.8) is 0 Å². The van der Waals surface area contributed by atoms with Gasteiger partial charge >= 0.3 is 0 Å². The molecule has 0 N–H and O–H groups in total. The maximum Gasteiger partial charge on any atom is 0.191 e. The Morgan fingerprint density at radius 3 is 2.90 bits per heavy atom. The van der Waals surface area contributed by atoms with Gasteiger partial charge in [0.2, 0.25) is 0 Å². The fraction of sp³-hybridized carbons (Fsp3) is 0.250. The van der Waals surface area contributed by atoms with Gasteiger partial charge in [-0.1, -0.05) is 54.2 Å². The summed E-state index contributed by atoms with van der Waals surface area (Å²) in [6, 6.07) is 14.9. The number of thioether (sulfide) groups is 1. The normalized spacial score (nSPS) is 11.1. The molecule has 0 bridgehead atoms. The topological polar surface area (TPSA) is 39.9 Å². The second kappa shape index (κ2) is 6.74. The molecule has 0 aliphatic carbocycles. The molecule has 0 fully saturated rings. The molecule has 0 saturated heterocycles. The lowest BCUT2D eigenvalue weighted by molar-refractivity contribution is 0.184. The number of rotatable bonds is 6. The molecule has 1 heterocycles. The van der Waals surface area contributed by atoms with Crippen LogP contribution in [0.5, 0.6) is 0 Å². The minimum Gasteiger partial charge on any atom is -0.383 e. The van der Waals surface area contributed by atoms with Crippen LogP contribution in [0.2, 0.25) is 0 Å². The lowest BCUT2D eigenvalue weighted by Gasteiger charge is -2.07. The van der Waals surface area contributed by atoms with Gasteiger partial charge < -0.3 is 9.30 Å². The Balaban J connectivity index is 1.76. The Labute approximate surface area is 128 Å². The molecule has 4 nitrogen and oxygen atoms in total. The van der Waals surface area contributed by atoms with Crippen molar-refractivity contribution in [2.75, 3.05) is 13.7 Å². The first-order chi connectivity index (χ1) is 10.4. The number of hydrogen-bond donors (Lipinski definition) is 0. The van der Waals surface area contributed by atoms with E-state index in [1.165, 1.54) is 16.3 Å². The molecule has 108 valence electrons. The molecule has 0 atom stereocenters. The van der Waals surface area contributed by atoms with Crippen LogP contribution in [-0.4, -0.2) is 28.5 Å². The van der Waals surface area contributed by atoms with Gasteiger partial charge in [-0.25, -0.2) is 0 Å². The van der Waals surface area contributed by atoms with Crippen molar-refractivity contribution in [2.45, 2.75) is 17.5 Å². The molecule has 2 aromatic carbocycles. The van der Waals surface area contributed by atoms with Crippen molar-refractivity contribution in [1.82, 2.24) is 14.8 Å². The summed E-state index contributed by atoms with van der Waals surface area (Å²) in [5.41, 5.74) is 1.32. The minimum absolute atomic E-state index is 0.667. The van der Waals surface area contributed by atoms with Gasteiger partial charge in [-0.05, 0) is 16.3 Å². The molecular weight excluding hydrogens is 282 g/mol. The van der Waals surface area contributed by atoms with E-state index in [0.29, 0.717) is 6.61 Å². The highest BCUT2D eigenvalue weighted by Gasteiger charge is 2.07. The van der Waals surface area contributed by atoms with E-state index in [-0.39, 0.29) is 0 Å². The van der Waals surface area contributed by atoms with E-state index < -0.39 is 0 Å². The molecule has 3 aromatic rings. The van der Waals surface area contributed by atoms with Crippen LogP contribution in [0.15, 0.2) is 53.9 Å². The highest BCUT2D eigenvalue weighted by Crippen LogP contribution is 2.26. The fourth-order valence-corrected chi connectivity index (χ4v) is 3.21. The molecule has 0 unspecified atom stereocenters. The predicted octanol–water partition coefficient (Wildman–Crippen LogP) is 3.37. The van der Waals surface area contributed by atoms with Crippen LogP contribution in [0.25, 0.3) is 10.8 Å². The van der Waals surface area contributed by atoms with Crippen LogP contribution < -0.4 is 0 Å². The number of methoxy groups -OCH3 is 1. The second-order valence-electron chi connectivity index (χ2n) is 4.73. The Morgan fingerprint density at radius 2 is 2.00 bits per heavy atom. The van der Waals surface area contributed by atoms with Crippen LogP contribution >= 0.6 is 11.8 Å². The summed E-state index contributed by atoms with van der Waals surface area (Å²) in [4.78, 5) is 0. The first-order valence-corrected chi connectivity index (χ1v) is 7.83. The van der Waals surface area contributed by atoms with Gasteiger partial charge in [0.05, 0.1) is 6.61 Å². The molecule has 0 radical (unpaired) electrons. The van der Waals surface area contributed by atoms with Crippen molar-refractivity contribution in [3.8, 4) is 0 Å². The summed E-state index contributed by atoms with van der Waals surface area (Å²) in [5.74, 6) is 0.882. The number of ether oxygens (including phenoxy) is 1. The summed E-state index contributed by atoms with van der Waals surface area (Å²) in [6.45, 7) is 1.45. The summed E-state index contributed by atoms with van der Waals surface area (Å²) >= 11 is 1.71. The quantitative estimate of drug-likeness (QED) is 0.654. The van der Waals surface area contributed by atoms with E-state index in [4.69, 9.17) is 4.74 Å². The van der Waals surface area contributed by atoms with E-state index in [0.717, 1.165) is 17.5 Å². The number of benzene rings is 2. The Kier molecular flexibility index (Phi) is 4.52. The minimum atomic E-state index is 0.667. The predicted molar refractivity (Wildman–Crippen MR) is 85.4 cm³/mol. The largest absolute Gasteiger partial charge is 0.383 e. The van der Waals surface area contributed by atoms with Gasteiger partial charge in [0.15, 0.2) is 5.16 Å². The van der Waals surface area contributed by atoms with Gasteiger partial charge in [-0.2, -0.15) is 0 Å². The van der Waals surface area contributed by atoms with Gasteiger partial charge in [0.1, 0.15) is 6.33 Å². The molecule has 0 amide bonds. The smallest absolute Gasteiger partial charge is 0.191 e. The van der Waals surface area contributed by atoms with Gasteiger partial charge in [0.25, 0.3) is 0 Å². The third-order valence-corrected chi connectivity index (χ3v) is 4.38. The highest BCUT2D eigenvalue weighted by atomic mass is 32.2. The van der Waals surface area contributed by atoms with Crippen LogP contribution in [-0.2, 0) is 17.0 Å². The van der Waals surface area contributed by atoms with Crippen molar-refractivity contribution >= 4 is 22.5 Å². The van der Waals surface area contributed by atoms with E-state index in [2.05, 4.69) is 52.7 Å². The summed E-state index contributed by atoms with van der Waals surface area (Å²) in [5, 5.41) is 11.7. The maximum atomic E-state index is 5.10. The fourth-order valence-electron chi connectivity index (χ4n) is 2.26. The molecule has 0 aliphatic rings. The Morgan fingerprint density at radius 1 is 1.14 bits per heavy atom. The van der Waals surface area contributed by atoms with Gasteiger partial charge in [0, 0.05) is 19.4 Å². The van der Waals surface area contributed by atoms with E-state index in [1.807, 2.05) is 4.57 Å². The van der Waals surface area contributed by atoms with Gasteiger partial charge in [-0.3, -0.25) is 0 Å². The molecule has 5 heteroatoms. The van der Waals surface area contributed by atoms with Crippen LogP contribution in [0.1, 0.15) is 5.56 Å². The molecular formula is C16H17N3OS. The van der Waals surface area contributed by atoms with E-state index >= 15 is 0 Å². The van der Waals surface area contributed by atoms with Crippen molar-refractivity contribution in [3.05, 3.63) is 54.4 Å². The van der Waals surface area contributed by atoms with E-state index in [9.17, 15) is 0 Å². The molecule has 3 rings (SSSR count). The summed E-state index contributed by atoms with van der Waals surface area (Å²) < 4.78 is 7.13. The first-order valence-electron chi connectivity index (χ1n) is 6.84. The average Bonchev–Trinajstić information content (AvgIpc) is 2.98. The number of aromatic nitrogens is 3. The lowest BCUT2D eigenvalue weighted by atomic mass is 10.1. The molecule has 0 aliphatic heterocycles. The Bertz CT molecular complexity index is 721. The summed E-state index contributed by atoms with van der Waals surface area (Å²) in [6.07, 6.45) is 1.75. The maximum absolute atomic E-state index is 5.10. The number of hydrogen-bond acceptors (Lipinski definition) is 4. The molecule has 0 spiro atoms. The van der Waals surface area contributed by atoms with Crippen LogP contribution in [0.3, 0.4) is 0 Å². The zero-order chi connectivity index (χ0) is 14.5. The van der Waals surface area contributed by atoms with Crippen LogP contribution in [0.4, 0.5) is 0 Å². The van der Waals surface area contributed by atoms with Crippen molar-refractivity contribution in [2.24, 2.45) is 0 Å². The zero-order valence-corrected chi connectivity index (χ0v) is 12.7. The first kappa shape index (κ1) is 14.1. The monoisotopic (exact) mass is 299 g/mol. The number of nitrogens with zero attached hydrogens (tertiary/aromatic N) is 3. The van der Waals surface area contributed by atoms with Crippen molar-refractivity contribution in [1.29, 1.82) is 0 Å². The number of fused-ring (bicyclic) bond motifs is 1. The Hall–Kier alpha value is -1.85. The lowest BCUT2D eigenvalue weighted by Crippen LogP contribution is -2.04. The molecule has 21 heavy (non-hydrogen) atoms. The molecule has 1 aromatic heterocycles.